The number of aromatic nitrogens is 2. The second-order valence-corrected chi connectivity index (χ2v) is 5.21. The summed E-state index contributed by atoms with van der Waals surface area (Å²) in [5.41, 5.74) is 0. The van der Waals surface area contributed by atoms with Gasteiger partial charge in [-0.2, -0.15) is 0 Å². The van der Waals surface area contributed by atoms with Crippen molar-refractivity contribution in [2.45, 2.75) is 0 Å². The molecule has 3 aromatic rings. The molecular weight excluding hydrogens is 347 g/mol. The van der Waals surface area contributed by atoms with Gasteiger partial charge in [0.15, 0.2) is 0 Å². The molecule has 0 radical (unpaired) electrons. The van der Waals surface area contributed by atoms with Crippen molar-refractivity contribution in [2.75, 3.05) is 0 Å². The van der Waals surface area contributed by atoms with Crippen molar-refractivity contribution in [3.05, 3.63) is 58.2 Å². The molecule has 0 spiro atoms. The van der Waals surface area contributed by atoms with Gasteiger partial charge in [0, 0.05) is 28.3 Å². The van der Waals surface area contributed by atoms with Gasteiger partial charge in [0.05, 0.1) is 5.39 Å². The Morgan fingerprint density at radius 2 is 2.05 bits per heavy atom. The molecule has 0 aliphatic rings. The van der Waals surface area contributed by atoms with Crippen molar-refractivity contribution in [2.24, 2.45) is 0 Å². The number of ether oxygens (including phenoxy) is 1. The first kappa shape index (κ1) is 13.3. The van der Waals surface area contributed by atoms with Crippen LogP contribution in [0.2, 0.25) is 5.15 Å². The molecular formula is C14H7BrClFN2O. The molecule has 3 rings (SSSR count). The van der Waals surface area contributed by atoms with Crippen LogP contribution >= 0.6 is 27.5 Å². The van der Waals surface area contributed by atoms with E-state index in [0.717, 1.165) is 9.86 Å². The Morgan fingerprint density at radius 3 is 2.85 bits per heavy atom. The van der Waals surface area contributed by atoms with Crippen molar-refractivity contribution in [1.82, 2.24) is 9.97 Å². The first-order valence-electron chi connectivity index (χ1n) is 5.67. The van der Waals surface area contributed by atoms with Crippen LogP contribution in [0.5, 0.6) is 11.6 Å². The standard InChI is InChI=1S/C14H7BrClFN2O/c15-11-7-19-14(12-10(11)4-5-18-13(12)16)20-9-3-1-2-8(17)6-9/h1-7H. The number of nitrogens with zero attached hydrogens (tertiary/aromatic N) is 2. The van der Waals surface area contributed by atoms with Crippen LogP contribution in [0.15, 0.2) is 47.2 Å². The molecule has 2 aromatic heterocycles. The van der Waals surface area contributed by atoms with E-state index in [1.807, 2.05) is 0 Å². The van der Waals surface area contributed by atoms with Crippen LogP contribution < -0.4 is 4.74 Å². The highest BCUT2D eigenvalue weighted by Crippen LogP contribution is 2.35. The van der Waals surface area contributed by atoms with Gasteiger partial charge >= 0.3 is 0 Å². The molecule has 0 saturated heterocycles. The van der Waals surface area contributed by atoms with Crippen molar-refractivity contribution in [3.8, 4) is 11.6 Å². The smallest absolute Gasteiger partial charge is 0.230 e. The summed E-state index contributed by atoms with van der Waals surface area (Å²) in [4.78, 5) is 8.20. The predicted molar refractivity (Wildman–Crippen MR) is 78.7 cm³/mol. The van der Waals surface area contributed by atoms with Crippen LogP contribution in [-0.4, -0.2) is 9.97 Å². The Labute approximate surface area is 127 Å². The molecule has 0 aliphatic heterocycles. The molecule has 20 heavy (non-hydrogen) atoms. The maximum absolute atomic E-state index is 13.2. The van der Waals surface area contributed by atoms with Crippen LogP contribution in [0.1, 0.15) is 0 Å². The molecule has 0 atom stereocenters. The Hall–Kier alpha value is -1.72. The highest BCUT2D eigenvalue weighted by atomic mass is 79.9. The number of halogens is 3. The molecule has 3 nitrogen and oxygen atoms in total. The van der Waals surface area contributed by atoms with E-state index in [-0.39, 0.29) is 16.9 Å². The monoisotopic (exact) mass is 352 g/mol. The molecule has 0 fully saturated rings. The maximum atomic E-state index is 13.2. The summed E-state index contributed by atoms with van der Waals surface area (Å²) in [7, 11) is 0. The zero-order valence-corrected chi connectivity index (χ0v) is 12.3. The Morgan fingerprint density at radius 1 is 1.20 bits per heavy atom. The Bertz CT molecular complexity index is 797. The third kappa shape index (κ3) is 2.46. The van der Waals surface area contributed by atoms with Crippen LogP contribution in [-0.2, 0) is 0 Å². The molecule has 6 heteroatoms. The number of hydrogen-bond donors (Lipinski definition) is 0. The zero-order valence-electron chi connectivity index (χ0n) is 9.98. The van der Waals surface area contributed by atoms with Gasteiger partial charge in [0.25, 0.3) is 0 Å². The summed E-state index contributed by atoms with van der Waals surface area (Å²) >= 11 is 9.50. The average Bonchev–Trinajstić information content (AvgIpc) is 2.42. The summed E-state index contributed by atoms with van der Waals surface area (Å²) in [6.07, 6.45) is 3.20. The highest BCUT2D eigenvalue weighted by molar-refractivity contribution is 9.10. The van der Waals surface area contributed by atoms with Crippen molar-refractivity contribution < 1.29 is 9.13 Å². The lowest BCUT2D eigenvalue weighted by Gasteiger charge is -2.09. The number of fused-ring (bicyclic) bond motifs is 1. The van der Waals surface area contributed by atoms with Crippen LogP contribution in [0.4, 0.5) is 4.39 Å². The van der Waals surface area contributed by atoms with E-state index >= 15 is 0 Å². The molecule has 0 saturated carbocycles. The minimum atomic E-state index is -0.381. The van der Waals surface area contributed by atoms with Gasteiger partial charge in [0.1, 0.15) is 16.7 Å². The minimum Gasteiger partial charge on any atom is -0.438 e. The van der Waals surface area contributed by atoms with Crippen molar-refractivity contribution >= 4 is 38.3 Å². The van der Waals surface area contributed by atoms with Crippen molar-refractivity contribution in [3.63, 3.8) is 0 Å². The van der Waals surface area contributed by atoms with E-state index in [0.29, 0.717) is 11.1 Å². The summed E-state index contributed by atoms with van der Waals surface area (Å²) < 4.78 is 19.6. The quantitative estimate of drug-likeness (QED) is 0.610. The van der Waals surface area contributed by atoms with Gasteiger partial charge in [-0.25, -0.2) is 14.4 Å². The van der Waals surface area contributed by atoms with Crippen LogP contribution in [0, 0.1) is 5.82 Å². The summed E-state index contributed by atoms with van der Waals surface area (Å²) in [6, 6.07) is 7.62. The Balaban J connectivity index is 2.15. The van der Waals surface area contributed by atoms with Gasteiger partial charge in [-0.15, -0.1) is 0 Å². The van der Waals surface area contributed by atoms with Crippen LogP contribution in [0.3, 0.4) is 0 Å². The zero-order chi connectivity index (χ0) is 14.1. The first-order valence-corrected chi connectivity index (χ1v) is 6.84. The van der Waals surface area contributed by atoms with Gasteiger partial charge in [-0.3, -0.25) is 0 Å². The van der Waals surface area contributed by atoms with Gasteiger partial charge < -0.3 is 4.74 Å². The second kappa shape index (κ2) is 5.34. The molecule has 1 aromatic carbocycles. The lowest BCUT2D eigenvalue weighted by molar-refractivity contribution is 0.464. The summed E-state index contributed by atoms with van der Waals surface area (Å²) in [5, 5.41) is 1.68. The average molecular weight is 354 g/mol. The Kier molecular flexibility index (Phi) is 3.54. The normalized spacial score (nSPS) is 10.8. The highest BCUT2D eigenvalue weighted by Gasteiger charge is 2.12. The number of hydrogen-bond acceptors (Lipinski definition) is 3. The SMILES string of the molecule is Fc1cccc(Oc2ncc(Br)c3ccnc(Cl)c23)c1. The number of pyridine rings is 2. The molecule has 100 valence electrons. The fraction of sp³-hybridized carbons (Fsp3) is 0. The van der Waals surface area contributed by atoms with E-state index in [4.69, 9.17) is 16.3 Å². The number of benzene rings is 1. The molecule has 0 aliphatic carbocycles. The van der Waals surface area contributed by atoms with E-state index in [1.54, 1.807) is 30.6 Å². The molecule has 0 N–H and O–H groups in total. The van der Waals surface area contributed by atoms with E-state index in [9.17, 15) is 4.39 Å². The van der Waals surface area contributed by atoms with Gasteiger partial charge in [0.2, 0.25) is 5.88 Å². The maximum Gasteiger partial charge on any atom is 0.230 e. The van der Waals surface area contributed by atoms with E-state index in [1.165, 1.54) is 12.1 Å². The lowest BCUT2D eigenvalue weighted by atomic mass is 10.2. The summed E-state index contributed by atoms with van der Waals surface area (Å²) in [6.45, 7) is 0. The second-order valence-electron chi connectivity index (χ2n) is 4.00. The number of rotatable bonds is 2. The molecule has 2 heterocycles. The molecule has 0 unspecified atom stereocenters. The fourth-order valence-electron chi connectivity index (χ4n) is 1.81. The van der Waals surface area contributed by atoms with Gasteiger partial charge in [-0.05, 0) is 34.1 Å². The molecule has 0 amide bonds. The van der Waals surface area contributed by atoms with E-state index < -0.39 is 0 Å². The van der Waals surface area contributed by atoms with E-state index in [2.05, 4.69) is 25.9 Å². The van der Waals surface area contributed by atoms with Crippen molar-refractivity contribution in [1.29, 1.82) is 0 Å². The third-order valence-electron chi connectivity index (χ3n) is 2.68. The molecule has 0 bridgehead atoms. The topological polar surface area (TPSA) is 35.0 Å². The summed E-state index contributed by atoms with van der Waals surface area (Å²) in [5.74, 6) is 0.251. The fourth-order valence-corrected chi connectivity index (χ4v) is 2.48. The van der Waals surface area contributed by atoms with Crippen LogP contribution in [0.25, 0.3) is 10.8 Å². The first-order chi connectivity index (χ1) is 9.65. The lowest BCUT2D eigenvalue weighted by Crippen LogP contribution is -1.92. The minimum absolute atomic E-state index is 0.280. The third-order valence-corrected chi connectivity index (χ3v) is 3.60. The largest absolute Gasteiger partial charge is 0.438 e. The predicted octanol–water partition coefficient (Wildman–Crippen LogP) is 4.98. The van der Waals surface area contributed by atoms with Gasteiger partial charge in [-0.1, -0.05) is 17.7 Å².